The molecular formula is C24H16F7N5. The van der Waals surface area contributed by atoms with Crippen molar-refractivity contribution in [2.45, 2.75) is 32.4 Å². The van der Waals surface area contributed by atoms with Gasteiger partial charge in [-0.25, -0.2) is 17.6 Å². The molecule has 2 heterocycles. The lowest BCUT2D eigenvalue weighted by molar-refractivity contribution is -0.168. The third kappa shape index (κ3) is 4.19. The minimum Gasteiger partial charge on any atom is -0.320 e. The van der Waals surface area contributed by atoms with E-state index in [1.165, 1.54) is 22.9 Å². The summed E-state index contributed by atoms with van der Waals surface area (Å²) in [6.07, 6.45) is -6.45. The number of aryl methyl sites for hydroxylation is 1. The highest BCUT2D eigenvalue weighted by Crippen LogP contribution is 2.57. The lowest BCUT2D eigenvalue weighted by atomic mass is 10.1. The number of hydrogen-bond donors (Lipinski definition) is 0. The van der Waals surface area contributed by atoms with E-state index in [0.29, 0.717) is 11.1 Å². The fourth-order valence-corrected chi connectivity index (χ4v) is 4.10. The Morgan fingerprint density at radius 2 is 1.81 bits per heavy atom. The van der Waals surface area contributed by atoms with Crippen molar-refractivity contribution in [1.29, 1.82) is 0 Å². The largest absolute Gasteiger partial charge is 0.405 e. The third-order valence-corrected chi connectivity index (χ3v) is 5.99. The smallest absolute Gasteiger partial charge is 0.320 e. The number of nitrogens with zero attached hydrogens (tertiary/aromatic N) is 5. The Morgan fingerprint density at radius 3 is 2.47 bits per heavy atom. The van der Waals surface area contributed by atoms with Crippen LogP contribution in [0.25, 0.3) is 16.7 Å². The molecule has 0 radical (unpaired) electrons. The SMILES string of the molecule is Cc1cc(F)cc2c(N(CC(F)F)c3cc(F)cc(C#CC4(C(F)(F)F)CC4)c3)nc3nncn3c12. The maximum absolute atomic E-state index is 14.5. The molecule has 12 heteroatoms. The number of anilines is 2. The first-order valence-corrected chi connectivity index (χ1v) is 10.7. The standard InChI is InChI=1S/C24H16F7N5/c1-13-6-15(25)10-18-20(13)36-12-32-34-22(36)33-21(18)35(11-19(27)28)17-8-14(7-16(26)9-17)2-3-23(4-5-23)24(29,30)31/h6-10,12,19H,4-5,11H2,1H3. The van der Waals surface area contributed by atoms with Gasteiger partial charge in [-0.1, -0.05) is 11.8 Å². The highest BCUT2D eigenvalue weighted by molar-refractivity contribution is 5.95. The molecule has 2 aromatic carbocycles. The van der Waals surface area contributed by atoms with Crippen LogP contribution in [-0.4, -0.2) is 38.7 Å². The fourth-order valence-electron chi connectivity index (χ4n) is 4.10. The van der Waals surface area contributed by atoms with E-state index in [9.17, 15) is 30.7 Å². The second kappa shape index (κ2) is 8.36. The van der Waals surface area contributed by atoms with Gasteiger partial charge in [-0.05, 0) is 55.7 Å². The van der Waals surface area contributed by atoms with Crippen molar-refractivity contribution in [3.8, 4) is 11.8 Å². The fraction of sp³-hybridized carbons (Fsp3) is 0.292. The van der Waals surface area contributed by atoms with Crippen LogP contribution in [0.1, 0.15) is 24.0 Å². The minimum absolute atomic E-state index is 0.0312. The maximum atomic E-state index is 14.5. The van der Waals surface area contributed by atoms with E-state index in [-0.39, 0.29) is 41.1 Å². The molecular weight excluding hydrogens is 491 g/mol. The molecule has 5 rings (SSSR count). The molecule has 0 bridgehead atoms. The molecule has 0 amide bonds. The van der Waals surface area contributed by atoms with E-state index >= 15 is 0 Å². The molecule has 0 aliphatic heterocycles. The van der Waals surface area contributed by atoms with Crippen LogP contribution in [0.2, 0.25) is 0 Å². The molecule has 186 valence electrons. The summed E-state index contributed by atoms with van der Waals surface area (Å²) in [5.41, 5.74) is -1.57. The molecule has 1 aliphatic rings. The van der Waals surface area contributed by atoms with E-state index in [2.05, 4.69) is 27.0 Å². The van der Waals surface area contributed by atoms with Crippen LogP contribution in [0.5, 0.6) is 0 Å². The number of alkyl halides is 5. The summed E-state index contributed by atoms with van der Waals surface area (Å²) in [4.78, 5) is 5.23. The first-order valence-electron chi connectivity index (χ1n) is 10.7. The molecule has 4 aromatic rings. The lowest BCUT2D eigenvalue weighted by Gasteiger charge is -2.25. The van der Waals surface area contributed by atoms with Crippen molar-refractivity contribution in [1.82, 2.24) is 19.6 Å². The molecule has 0 N–H and O–H groups in total. The Bertz CT molecular complexity index is 1540. The first-order chi connectivity index (χ1) is 17.0. The summed E-state index contributed by atoms with van der Waals surface area (Å²) in [6, 6.07) is 5.38. The molecule has 5 nitrogen and oxygen atoms in total. The van der Waals surface area contributed by atoms with Crippen molar-refractivity contribution in [3.05, 3.63) is 59.4 Å². The van der Waals surface area contributed by atoms with E-state index < -0.39 is 36.2 Å². The summed E-state index contributed by atoms with van der Waals surface area (Å²) in [5.74, 6) is 2.85. The topological polar surface area (TPSA) is 46.3 Å². The average Bonchev–Trinajstić information content (AvgIpc) is 3.45. The monoisotopic (exact) mass is 507 g/mol. The Balaban J connectivity index is 1.69. The normalized spacial score (nSPS) is 14.8. The predicted molar refractivity (Wildman–Crippen MR) is 117 cm³/mol. The number of aromatic nitrogens is 4. The van der Waals surface area contributed by atoms with Gasteiger partial charge in [-0.15, -0.1) is 10.2 Å². The Morgan fingerprint density at radius 1 is 1.08 bits per heavy atom. The minimum atomic E-state index is -4.53. The Labute approximate surface area is 199 Å². The Hall–Kier alpha value is -3.88. The van der Waals surface area contributed by atoms with Crippen LogP contribution in [0, 0.1) is 35.8 Å². The van der Waals surface area contributed by atoms with E-state index in [1.807, 2.05) is 0 Å². The van der Waals surface area contributed by atoms with Crippen molar-refractivity contribution in [2.75, 3.05) is 11.4 Å². The van der Waals surface area contributed by atoms with E-state index in [1.54, 1.807) is 6.92 Å². The molecule has 0 spiro atoms. The quantitative estimate of drug-likeness (QED) is 0.253. The van der Waals surface area contributed by atoms with Crippen molar-refractivity contribution < 1.29 is 30.7 Å². The maximum Gasteiger partial charge on any atom is 0.405 e. The third-order valence-electron chi connectivity index (χ3n) is 5.99. The lowest BCUT2D eigenvalue weighted by Crippen LogP contribution is -2.26. The van der Waals surface area contributed by atoms with Crippen LogP contribution in [0.15, 0.2) is 36.7 Å². The summed E-state index contributed by atoms with van der Waals surface area (Å²) in [7, 11) is 0. The van der Waals surface area contributed by atoms with Crippen molar-refractivity contribution >= 4 is 28.2 Å². The first kappa shape index (κ1) is 23.8. The van der Waals surface area contributed by atoms with Crippen molar-refractivity contribution in [3.63, 3.8) is 0 Å². The second-order valence-electron chi connectivity index (χ2n) is 8.58. The molecule has 36 heavy (non-hydrogen) atoms. The van der Waals surface area contributed by atoms with Gasteiger partial charge < -0.3 is 4.90 Å². The van der Waals surface area contributed by atoms with Gasteiger partial charge in [0, 0.05) is 16.6 Å². The zero-order chi connectivity index (χ0) is 25.8. The van der Waals surface area contributed by atoms with Crippen molar-refractivity contribution in [2.24, 2.45) is 5.41 Å². The van der Waals surface area contributed by atoms with Gasteiger partial charge in [-0.3, -0.25) is 4.40 Å². The number of fused-ring (bicyclic) bond motifs is 3. The predicted octanol–water partition coefficient (Wildman–Crippen LogP) is 5.96. The second-order valence-corrected chi connectivity index (χ2v) is 8.58. The van der Waals surface area contributed by atoms with Gasteiger partial charge in [0.15, 0.2) is 0 Å². The highest BCUT2D eigenvalue weighted by atomic mass is 19.4. The summed E-state index contributed by atoms with van der Waals surface area (Å²) in [6.45, 7) is 0.640. The summed E-state index contributed by atoms with van der Waals surface area (Å²) < 4.78 is 97.5. The molecule has 1 saturated carbocycles. The highest BCUT2D eigenvalue weighted by Gasteiger charge is 2.62. The van der Waals surface area contributed by atoms with Crippen LogP contribution in [0.3, 0.4) is 0 Å². The molecule has 2 aromatic heterocycles. The van der Waals surface area contributed by atoms with Gasteiger partial charge in [0.2, 0.25) is 0 Å². The number of halogens is 7. The van der Waals surface area contributed by atoms with Gasteiger partial charge in [0.25, 0.3) is 12.2 Å². The van der Waals surface area contributed by atoms with Gasteiger partial charge in [-0.2, -0.15) is 18.2 Å². The van der Waals surface area contributed by atoms with Crippen LogP contribution in [-0.2, 0) is 0 Å². The van der Waals surface area contributed by atoms with E-state index in [4.69, 9.17) is 0 Å². The zero-order valence-corrected chi connectivity index (χ0v) is 18.5. The molecule has 1 fully saturated rings. The van der Waals surface area contributed by atoms with Crippen LogP contribution < -0.4 is 4.90 Å². The average molecular weight is 507 g/mol. The molecule has 0 saturated heterocycles. The number of benzene rings is 2. The number of hydrogen-bond acceptors (Lipinski definition) is 4. The molecule has 1 aliphatic carbocycles. The van der Waals surface area contributed by atoms with Crippen LogP contribution in [0.4, 0.5) is 42.2 Å². The summed E-state index contributed by atoms with van der Waals surface area (Å²) in [5, 5.41) is 7.76. The Kier molecular flexibility index (Phi) is 5.54. The molecule has 0 unspecified atom stereocenters. The van der Waals surface area contributed by atoms with Crippen LogP contribution >= 0.6 is 0 Å². The zero-order valence-electron chi connectivity index (χ0n) is 18.5. The van der Waals surface area contributed by atoms with Gasteiger partial charge in [0.05, 0.1) is 12.1 Å². The van der Waals surface area contributed by atoms with E-state index in [0.717, 1.165) is 23.1 Å². The van der Waals surface area contributed by atoms with Gasteiger partial charge >= 0.3 is 6.18 Å². The number of rotatable bonds is 4. The molecule has 0 atom stereocenters. The summed E-state index contributed by atoms with van der Waals surface area (Å²) >= 11 is 0. The van der Waals surface area contributed by atoms with Gasteiger partial charge in [0.1, 0.15) is 29.2 Å².